The highest BCUT2D eigenvalue weighted by Gasteiger charge is 2.24. The Morgan fingerprint density at radius 1 is 1.03 bits per heavy atom. The lowest BCUT2D eigenvalue weighted by molar-refractivity contribution is 0.0684. The summed E-state index contributed by atoms with van der Waals surface area (Å²) in [6, 6.07) is 12.9. The summed E-state index contributed by atoms with van der Waals surface area (Å²) in [6.45, 7) is 2.04. The van der Waals surface area contributed by atoms with Crippen LogP contribution in [0.2, 0.25) is 0 Å². The molecule has 1 aliphatic heterocycles. The van der Waals surface area contributed by atoms with Crippen LogP contribution in [0.4, 0.5) is 0 Å². The molecule has 148 valence electrons. The molecule has 0 radical (unpaired) electrons. The Kier molecular flexibility index (Phi) is 5.65. The molecule has 3 aromatic rings. The van der Waals surface area contributed by atoms with Gasteiger partial charge in [0.15, 0.2) is 0 Å². The highest BCUT2D eigenvalue weighted by Crippen LogP contribution is 2.18. The molecule has 4 rings (SSSR count). The molecular weight excluding hydrogens is 366 g/mol. The minimum atomic E-state index is -0.127. The average Bonchev–Trinajstić information content (AvgIpc) is 3.33. The Morgan fingerprint density at radius 3 is 2.48 bits per heavy atom. The average molecular weight is 389 g/mol. The van der Waals surface area contributed by atoms with Gasteiger partial charge in [-0.05, 0) is 43.0 Å². The summed E-state index contributed by atoms with van der Waals surface area (Å²) in [5.74, 6) is 1.04. The Labute approximate surface area is 169 Å². The zero-order chi connectivity index (χ0) is 20.1. The Bertz CT molecular complexity index is 947. The van der Waals surface area contributed by atoms with E-state index in [1.165, 1.54) is 0 Å². The van der Waals surface area contributed by atoms with Gasteiger partial charge in [-0.15, -0.1) is 0 Å². The van der Waals surface area contributed by atoms with Crippen LogP contribution in [-0.4, -0.2) is 50.9 Å². The van der Waals surface area contributed by atoms with Gasteiger partial charge < -0.3 is 10.2 Å². The lowest BCUT2D eigenvalue weighted by Crippen LogP contribution is -2.41. The van der Waals surface area contributed by atoms with E-state index in [9.17, 15) is 9.59 Å². The van der Waals surface area contributed by atoms with Crippen LogP contribution in [-0.2, 0) is 0 Å². The highest BCUT2D eigenvalue weighted by atomic mass is 16.2. The number of aromatic nitrogens is 3. The van der Waals surface area contributed by atoms with E-state index in [1.54, 1.807) is 41.6 Å². The first-order valence-corrected chi connectivity index (χ1v) is 9.77. The molecule has 2 amide bonds. The third-order valence-electron chi connectivity index (χ3n) is 5.25. The molecule has 0 unspecified atom stereocenters. The number of nitrogens with one attached hydrogen (secondary N) is 1. The van der Waals surface area contributed by atoms with E-state index in [0.717, 1.165) is 37.3 Å². The predicted molar refractivity (Wildman–Crippen MR) is 109 cm³/mol. The summed E-state index contributed by atoms with van der Waals surface area (Å²) in [5.41, 5.74) is 1.26. The number of imidazole rings is 1. The van der Waals surface area contributed by atoms with Gasteiger partial charge in [-0.1, -0.05) is 18.2 Å². The number of rotatable bonds is 5. The summed E-state index contributed by atoms with van der Waals surface area (Å²) in [6.07, 6.45) is 8.49. The fourth-order valence-corrected chi connectivity index (χ4v) is 3.51. The van der Waals surface area contributed by atoms with Gasteiger partial charge in [0.2, 0.25) is 0 Å². The molecule has 3 heterocycles. The Balaban J connectivity index is 1.25. The molecule has 1 N–H and O–H groups in total. The predicted octanol–water partition coefficient (Wildman–Crippen LogP) is 2.55. The minimum Gasteiger partial charge on any atom is -0.352 e. The van der Waals surface area contributed by atoms with Crippen molar-refractivity contribution in [2.24, 2.45) is 5.92 Å². The van der Waals surface area contributed by atoms with Gasteiger partial charge in [0, 0.05) is 43.8 Å². The molecule has 7 nitrogen and oxygen atoms in total. The van der Waals surface area contributed by atoms with Crippen molar-refractivity contribution in [3.8, 4) is 5.82 Å². The zero-order valence-corrected chi connectivity index (χ0v) is 16.1. The van der Waals surface area contributed by atoms with E-state index in [1.807, 2.05) is 35.2 Å². The summed E-state index contributed by atoms with van der Waals surface area (Å²) in [7, 11) is 0. The number of likely N-dealkylation sites (tertiary alicyclic amines) is 1. The summed E-state index contributed by atoms with van der Waals surface area (Å²) >= 11 is 0. The third kappa shape index (κ3) is 4.51. The number of benzene rings is 1. The van der Waals surface area contributed by atoms with Gasteiger partial charge in [-0.2, -0.15) is 0 Å². The molecular formula is C22H23N5O2. The van der Waals surface area contributed by atoms with Crippen LogP contribution in [0.3, 0.4) is 0 Å². The second-order valence-electron chi connectivity index (χ2n) is 7.19. The third-order valence-corrected chi connectivity index (χ3v) is 5.25. The molecule has 1 fully saturated rings. The van der Waals surface area contributed by atoms with Crippen LogP contribution < -0.4 is 5.32 Å². The fraction of sp³-hybridized carbons (Fsp3) is 0.273. The van der Waals surface area contributed by atoms with E-state index < -0.39 is 0 Å². The first-order chi connectivity index (χ1) is 14.2. The number of piperidine rings is 1. The smallest absolute Gasteiger partial charge is 0.253 e. The first kappa shape index (κ1) is 18.9. The number of carbonyl (C=O) groups excluding carboxylic acids is 2. The van der Waals surface area contributed by atoms with E-state index in [-0.39, 0.29) is 11.8 Å². The molecule has 29 heavy (non-hydrogen) atoms. The fourth-order valence-electron chi connectivity index (χ4n) is 3.51. The second kappa shape index (κ2) is 8.68. The Hall–Kier alpha value is -3.48. The molecule has 0 bridgehead atoms. The van der Waals surface area contributed by atoms with Crippen molar-refractivity contribution in [1.82, 2.24) is 24.8 Å². The number of hydrogen-bond donors (Lipinski definition) is 1. The number of hydrogen-bond acceptors (Lipinski definition) is 4. The zero-order valence-electron chi connectivity index (χ0n) is 16.1. The van der Waals surface area contributed by atoms with E-state index in [4.69, 9.17) is 0 Å². The van der Waals surface area contributed by atoms with Gasteiger partial charge in [0.25, 0.3) is 11.8 Å². The van der Waals surface area contributed by atoms with Crippen LogP contribution in [0, 0.1) is 5.92 Å². The molecule has 0 saturated carbocycles. The Morgan fingerprint density at radius 2 is 1.83 bits per heavy atom. The molecule has 1 aliphatic rings. The second-order valence-corrected chi connectivity index (χ2v) is 7.19. The van der Waals surface area contributed by atoms with Crippen molar-refractivity contribution in [3.05, 3.63) is 78.5 Å². The van der Waals surface area contributed by atoms with Crippen molar-refractivity contribution in [2.75, 3.05) is 19.6 Å². The van der Waals surface area contributed by atoms with Crippen LogP contribution in [0.25, 0.3) is 5.82 Å². The number of amides is 2. The van der Waals surface area contributed by atoms with Crippen molar-refractivity contribution in [2.45, 2.75) is 12.8 Å². The standard InChI is InChI=1S/C22H23N5O2/c28-21(19-6-7-20(24-15-19)27-13-10-23-16-27)25-14-17-8-11-26(12-9-17)22(29)18-4-2-1-3-5-18/h1-7,10,13,15-17H,8-9,11-12,14H2,(H,25,28). The molecule has 0 aliphatic carbocycles. The van der Waals surface area contributed by atoms with Crippen molar-refractivity contribution in [1.29, 1.82) is 0 Å². The molecule has 7 heteroatoms. The minimum absolute atomic E-state index is 0.0807. The maximum atomic E-state index is 12.5. The lowest BCUT2D eigenvalue weighted by Gasteiger charge is -2.32. The van der Waals surface area contributed by atoms with Gasteiger partial charge in [0.1, 0.15) is 12.1 Å². The van der Waals surface area contributed by atoms with Crippen molar-refractivity contribution >= 4 is 11.8 Å². The topological polar surface area (TPSA) is 80.1 Å². The SMILES string of the molecule is O=C(NCC1CCN(C(=O)c2ccccc2)CC1)c1ccc(-n2ccnc2)nc1. The maximum absolute atomic E-state index is 12.5. The summed E-state index contributed by atoms with van der Waals surface area (Å²) in [5, 5.41) is 3.00. The highest BCUT2D eigenvalue weighted by molar-refractivity contribution is 5.94. The van der Waals surface area contributed by atoms with Crippen LogP contribution >= 0.6 is 0 Å². The summed E-state index contributed by atoms with van der Waals surface area (Å²) in [4.78, 5) is 35.1. The van der Waals surface area contributed by atoms with Crippen LogP contribution in [0.15, 0.2) is 67.4 Å². The quantitative estimate of drug-likeness (QED) is 0.727. The number of nitrogens with zero attached hydrogens (tertiary/aromatic N) is 4. The largest absolute Gasteiger partial charge is 0.352 e. The number of pyridine rings is 1. The molecule has 1 saturated heterocycles. The molecule has 1 aromatic carbocycles. The monoisotopic (exact) mass is 389 g/mol. The molecule has 0 atom stereocenters. The van der Waals surface area contributed by atoms with E-state index in [0.29, 0.717) is 18.0 Å². The van der Waals surface area contributed by atoms with Gasteiger partial charge in [-0.3, -0.25) is 14.2 Å². The van der Waals surface area contributed by atoms with Gasteiger partial charge in [0.05, 0.1) is 5.56 Å². The van der Waals surface area contributed by atoms with Crippen molar-refractivity contribution in [3.63, 3.8) is 0 Å². The van der Waals surface area contributed by atoms with E-state index in [2.05, 4.69) is 15.3 Å². The van der Waals surface area contributed by atoms with Crippen LogP contribution in [0.1, 0.15) is 33.6 Å². The maximum Gasteiger partial charge on any atom is 0.253 e. The summed E-state index contributed by atoms with van der Waals surface area (Å²) < 4.78 is 1.78. The molecule has 0 spiro atoms. The first-order valence-electron chi connectivity index (χ1n) is 9.77. The van der Waals surface area contributed by atoms with Gasteiger partial charge in [-0.25, -0.2) is 9.97 Å². The lowest BCUT2D eigenvalue weighted by atomic mass is 9.96. The van der Waals surface area contributed by atoms with Crippen LogP contribution in [0.5, 0.6) is 0 Å². The normalized spacial score (nSPS) is 14.6. The van der Waals surface area contributed by atoms with Gasteiger partial charge >= 0.3 is 0 Å². The van der Waals surface area contributed by atoms with E-state index >= 15 is 0 Å². The molecule has 2 aromatic heterocycles. The number of carbonyl (C=O) groups is 2. The van der Waals surface area contributed by atoms with Crippen molar-refractivity contribution < 1.29 is 9.59 Å².